The van der Waals surface area contributed by atoms with E-state index in [9.17, 15) is 9.59 Å². The summed E-state index contributed by atoms with van der Waals surface area (Å²) in [5.74, 6) is 3.32. The number of aromatic nitrogens is 2. The van der Waals surface area contributed by atoms with Crippen molar-refractivity contribution in [1.82, 2.24) is 15.3 Å². The molecule has 1 aliphatic carbocycles. The molecule has 0 saturated carbocycles. The van der Waals surface area contributed by atoms with E-state index in [1.807, 2.05) is 24.3 Å². The number of ether oxygens (including phenoxy) is 2. The smallest absolute Gasteiger partial charge is 0.259 e. The predicted octanol–water partition coefficient (Wildman–Crippen LogP) is 3.05. The van der Waals surface area contributed by atoms with Crippen molar-refractivity contribution in [3.63, 3.8) is 0 Å². The second-order valence-electron chi connectivity index (χ2n) is 7.65. The first-order valence-electron chi connectivity index (χ1n) is 10.4. The van der Waals surface area contributed by atoms with Gasteiger partial charge in [-0.15, -0.1) is 11.3 Å². The van der Waals surface area contributed by atoms with E-state index in [1.54, 1.807) is 23.1 Å². The molecule has 0 radical (unpaired) electrons. The van der Waals surface area contributed by atoms with Gasteiger partial charge in [-0.1, -0.05) is 12.1 Å². The van der Waals surface area contributed by atoms with E-state index in [4.69, 9.17) is 9.47 Å². The van der Waals surface area contributed by atoms with Gasteiger partial charge in [-0.05, 0) is 37.0 Å². The summed E-state index contributed by atoms with van der Waals surface area (Å²) >= 11 is 3.24. The van der Waals surface area contributed by atoms with Crippen molar-refractivity contribution in [1.29, 1.82) is 0 Å². The molecule has 2 aliphatic rings. The van der Waals surface area contributed by atoms with Crippen molar-refractivity contribution in [3.05, 3.63) is 50.9 Å². The third-order valence-electron chi connectivity index (χ3n) is 5.43. The van der Waals surface area contributed by atoms with Crippen LogP contribution in [0.4, 0.5) is 0 Å². The number of rotatable bonds is 7. The number of carbonyl (C=O) groups excluding carboxylic acids is 1. The lowest BCUT2D eigenvalue weighted by Crippen LogP contribution is -2.40. The van der Waals surface area contributed by atoms with E-state index in [-0.39, 0.29) is 17.6 Å². The second-order valence-corrected chi connectivity index (χ2v) is 9.84. The number of aryl methyl sites for hydroxylation is 2. The van der Waals surface area contributed by atoms with Gasteiger partial charge in [-0.2, -0.15) is 11.8 Å². The Morgan fingerprint density at radius 3 is 3.06 bits per heavy atom. The lowest BCUT2D eigenvalue weighted by molar-refractivity contribution is -0.121. The van der Waals surface area contributed by atoms with Crippen LogP contribution in [0.2, 0.25) is 0 Å². The Hall–Kier alpha value is -2.52. The van der Waals surface area contributed by atoms with Crippen LogP contribution in [-0.4, -0.2) is 40.9 Å². The van der Waals surface area contributed by atoms with E-state index in [0.29, 0.717) is 42.7 Å². The standard InChI is InChI=1S/C22H23N3O4S2/c26-19(23-10-13-11-28-15-5-1-2-6-16(15)29-13)8-9-30-12-18-24-21(27)20-14-4-3-7-17(14)31-22(20)25-18/h1-2,5-6,13H,3-4,7-12H2,(H,23,26)(H,24,25,27)/t13-/m0/s1. The average Bonchev–Trinajstić information content (AvgIpc) is 3.36. The zero-order valence-electron chi connectivity index (χ0n) is 16.9. The molecule has 9 heteroatoms. The van der Waals surface area contributed by atoms with Crippen molar-refractivity contribution in [2.45, 2.75) is 37.5 Å². The summed E-state index contributed by atoms with van der Waals surface area (Å²) in [6.45, 7) is 0.826. The number of fused-ring (bicyclic) bond motifs is 4. The average molecular weight is 458 g/mol. The molecule has 3 aromatic rings. The van der Waals surface area contributed by atoms with E-state index in [2.05, 4.69) is 15.3 Å². The van der Waals surface area contributed by atoms with Crippen molar-refractivity contribution < 1.29 is 14.3 Å². The molecule has 31 heavy (non-hydrogen) atoms. The van der Waals surface area contributed by atoms with Crippen LogP contribution < -0.4 is 20.3 Å². The quantitative estimate of drug-likeness (QED) is 0.530. The molecule has 2 aromatic heterocycles. The number of H-pyrrole nitrogens is 1. The molecular formula is C22H23N3O4S2. The van der Waals surface area contributed by atoms with Crippen LogP contribution in [-0.2, 0) is 23.4 Å². The van der Waals surface area contributed by atoms with Gasteiger partial charge in [0.1, 0.15) is 23.4 Å². The summed E-state index contributed by atoms with van der Waals surface area (Å²) in [5, 5.41) is 3.69. The maximum atomic E-state index is 12.5. The summed E-state index contributed by atoms with van der Waals surface area (Å²) in [5.41, 5.74) is 1.16. The zero-order chi connectivity index (χ0) is 21.2. The molecule has 2 N–H and O–H groups in total. The maximum absolute atomic E-state index is 12.5. The van der Waals surface area contributed by atoms with Gasteiger partial charge in [0.2, 0.25) is 5.91 Å². The topological polar surface area (TPSA) is 93.3 Å². The number of aromatic amines is 1. The predicted molar refractivity (Wildman–Crippen MR) is 122 cm³/mol. The van der Waals surface area contributed by atoms with Crippen molar-refractivity contribution in [2.75, 3.05) is 18.9 Å². The van der Waals surface area contributed by atoms with Gasteiger partial charge in [0.15, 0.2) is 11.5 Å². The van der Waals surface area contributed by atoms with Crippen molar-refractivity contribution >= 4 is 39.2 Å². The molecule has 0 saturated heterocycles. The summed E-state index contributed by atoms with van der Waals surface area (Å²) < 4.78 is 11.5. The van der Waals surface area contributed by atoms with Gasteiger partial charge in [0.05, 0.1) is 17.7 Å². The van der Waals surface area contributed by atoms with Gasteiger partial charge in [0.25, 0.3) is 5.56 Å². The Morgan fingerprint density at radius 2 is 2.16 bits per heavy atom. The first kappa shape index (κ1) is 20.4. The minimum Gasteiger partial charge on any atom is -0.486 e. The van der Waals surface area contributed by atoms with E-state index in [1.165, 1.54) is 10.4 Å². The SMILES string of the molecule is O=C(CCSCc1nc2sc3c(c2c(=O)[nH]1)CCC3)NC[C@H]1COc2ccccc2O1. The van der Waals surface area contributed by atoms with Crippen LogP contribution in [0.1, 0.15) is 29.1 Å². The number of para-hydroxylation sites is 2. The van der Waals surface area contributed by atoms with Crippen LogP contribution >= 0.6 is 23.1 Å². The van der Waals surface area contributed by atoms with Crippen LogP contribution in [0.5, 0.6) is 11.5 Å². The molecule has 7 nitrogen and oxygen atoms in total. The van der Waals surface area contributed by atoms with Crippen LogP contribution in [0.25, 0.3) is 10.2 Å². The molecule has 1 aromatic carbocycles. The first-order valence-corrected chi connectivity index (χ1v) is 12.4. The van der Waals surface area contributed by atoms with Crippen LogP contribution in [0.3, 0.4) is 0 Å². The van der Waals surface area contributed by atoms with Gasteiger partial charge in [-0.3, -0.25) is 9.59 Å². The number of nitrogens with one attached hydrogen (secondary N) is 2. The van der Waals surface area contributed by atoms with Gasteiger partial charge in [-0.25, -0.2) is 4.98 Å². The minimum absolute atomic E-state index is 0.0263. The van der Waals surface area contributed by atoms with E-state index in [0.717, 1.165) is 35.2 Å². The summed E-state index contributed by atoms with van der Waals surface area (Å²) in [4.78, 5) is 34.4. The normalized spacial score (nSPS) is 17.0. The van der Waals surface area contributed by atoms with Gasteiger partial charge < -0.3 is 19.8 Å². The fraction of sp³-hybridized carbons (Fsp3) is 0.409. The van der Waals surface area contributed by atoms with E-state index < -0.39 is 0 Å². The minimum atomic E-state index is -0.195. The molecule has 0 bridgehead atoms. The number of hydrogen-bond acceptors (Lipinski definition) is 7. The molecule has 0 spiro atoms. The first-order chi connectivity index (χ1) is 15.2. The highest BCUT2D eigenvalue weighted by Gasteiger charge is 2.22. The van der Waals surface area contributed by atoms with Gasteiger partial charge in [0, 0.05) is 17.1 Å². The summed E-state index contributed by atoms with van der Waals surface area (Å²) in [6.07, 6.45) is 3.37. The summed E-state index contributed by atoms with van der Waals surface area (Å²) in [7, 11) is 0. The van der Waals surface area contributed by atoms with Crippen molar-refractivity contribution in [3.8, 4) is 11.5 Å². The number of thiophene rings is 1. The molecular weight excluding hydrogens is 434 g/mol. The van der Waals surface area contributed by atoms with Gasteiger partial charge >= 0.3 is 0 Å². The molecule has 0 fully saturated rings. The Labute approximate surface area is 187 Å². The lowest BCUT2D eigenvalue weighted by Gasteiger charge is -2.26. The summed E-state index contributed by atoms with van der Waals surface area (Å²) in [6, 6.07) is 7.52. The molecule has 3 heterocycles. The number of thioether (sulfide) groups is 1. The third kappa shape index (κ3) is 4.43. The Kier molecular flexibility index (Phi) is 5.87. The van der Waals surface area contributed by atoms with Crippen LogP contribution in [0, 0.1) is 0 Å². The number of benzene rings is 1. The Bertz CT molecular complexity index is 1170. The highest BCUT2D eigenvalue weighted by Crippen LogP contribution is 2.34. The molecule has 162 valence electrons. The highest BCUT2D eigenvalue weighted by molar-refractivity contribution is 7.98. The second kappa shape index (κ2) is 8.92. The molecule has 0 unspecified atom stereocenters. The molecule has 1 atom stereocenters. The van der Waals surface area contributed by atoms with Crippen molar-refractivity contribution in [2.24, 2.45) is 0 Å². The van der Waals surface area contributed by atoms with Crippen LogP contribution in [0.15, 0.2) is 29.1 Å². The monoisotopic (exact) mass is 457 g/mol. The largest absolute Gasteiger partial charge is 0.486 e. The van der Waals surface area contributed by atoms with E-state index >= 15 is 0 Å². The number of amides is 1. The molecule has 1 aliphatic heterocycles. The Balaban J connectivity index is 1.06. The maximum Gasteiger partial charge on any atom is 0.259 e. The fourth-order valence-corrected chi connectivity index (χ4v) is 6.01. The lowest BCUT2D eigenvalue weighted by atomic mass is 10.2. The zero-order valence-corrected chi connectivity index (χ0v) is 18.6. The molecule has 5 rings (SSSR count). The Morgan fingerprint density at radius 1 is 1.29 bits per heavy atom. The highest BCUT2D eigenvalue weighted by atomic mass is 32.2. The molecule has 1 amide bonds. The number of hydrogen-bond donors (Lipinski definition) is 2. The number of carbonyl (C=O) groups is 1. The number of nitrogens with zero attached hydrogens (tertiary/aromatic N) is 1. The fourth-order valence-electron chi connectivity index (χ4n) is 3.93. The third-order valence-corrected chi connectivity index (χ3v) is 7.59.